The first-order chi connectivity index (χ1) is 8.58. The van der Waals surface area contributed by atoms with E-state index in [-0.39, 0.29) is 17.4 Å². The molecule has 2 rings (SSSR count). The first-order valence-electron chi connectivity index (χ1n) is 4.76. The SMILES string of the molecule is Nc1ncnc(Oc2ccc(F)cc2)c1[N+](=O)[O-]. The van der Waals surface area contributed by atoms with Gasteiger partial charge in [-0.25, -0.2) is 9.37 Å². The van der Waals surface area contributed by atoms with E-state index in [1.807, 2.05) is 0 Å². The van der Waals surface area contributed by atoms with Gasteiger partial charge in [-0.05, 0) is 24.3 Å². The van der Waals surface area contributed by atoms with Crippen LogP contribution in [0, 0.1) is 15.9 Å². The molecule has 1 heterocycles. The molecule has 2 N–H and O–H groups in total. The van der Waals surface area contributed by atoms with Crippen LogP contribution in [0.1, 0.15) is 0 Å². The van der Waals surface area contributed by atoms with Gasteiger partial charge >= 0.3 is 11.6 Å². The number of nitrogens with two attached hydrogens (primary N) is 1. The second-order valence-corrected chi connectivity index (χ2v) is 3.23. The van der Waals surface area contributed by atoms with Crippen LogP contribution in [0.15, 0.2) is 30.6 Å². The Morgan fingerprint density at radius 2 is 1.94 bits per heavy atom. The predicted octanol–water partition coefficient (Wildman–Crippen LogP) is 1.90. The van der Waals surface area contributed by atoms with Gasteiger partial charge in [0.05, 0.1) is 4.92 Å². The highest BCUT2D eigenvalue weighted by molar-refractivity contribution is 5.58. The Morgan fingerprint density at radius 3 is 2.56 bits per heavy atom. The third-order valence-electron chi connectivity index (χ3n) is 2.03. The zero-order chi connectivity index (χ0) is 13.1. The lowest BCUT2D eigenvalue weighted by molar-refractivity contribution is -0.385. The summed E-state index contributed by atoms with van der Waals surface area (Å²) in [5.41, 5.74) is 4.84. The normalized spacial score (nSPS) is 10.1. The molecule has 0 bridgehead atoms. The molecule has 0 amide bonds. The van der Waals surface area contributed by atoms with Crippen molar-refractivity contribution in [2.45, 2.75) is 0 Å². The first kappa shape index (κ1) is 11.7. The van der Waals surface area contributed by atoms with E-state index in [9.17, 15) is 14.5 Å². The first-order valence-corrected chi connectivity index (χ1v) is 4.76. The third kappa shape index (κ3) is 2.32. The van der Waals surface area contributed by atoms with Crippen LogP contribution in [-0.2, 0) is 0 Å². The monoisotopic (exact) mass is 250 g/mol. The Morgan fingerprint density at radius 1 is 1.28 bits per heavy atom. The van der Waals surface area contributed by atoms with E-state index < -0.39 is 16.4 Å². The predicted molar refractivity (Wildman–Crippen MR) is 59.6 cm³/mol. The van der Waals surface area contributed by atoms with Gasteiger partial charge in [0.1, 0.15) is 17.9 Å². The fourth-order valence-electron chi connectivity index (χ4n) is 1.24. The van der Waals surface area contributed by atoms with Crippen LogP contribution >= 0.6 is 0 Å². The molecule has 1 aromatic carbocycles. The summed E-state index contributed by atoms with van der Waals surface area (Å²) in [6, 6.07) is 4.95. The molecule has 8 heteroatoms. The highest BCUT2D eigenvalue weighted by Gasteiger charge is 2.22. The van der Waals surface area contributed by atoms with Crippen LogP contribution < -0.4 is 10.5 Å². The minimum absolute atomic E-state index is 0.206. The summed E-state index contributed by atoms with van der Waals surface area (Å²) in [6.45, 7) is 0. The average molecular weight is 250 g/mol. The zero-order valence-electron chi connectivity index (χ0n) is 8.91. The number of rotatable bonds is 3. The molecule has 2 aromatic rings. The van der Waals surface area contributed by atoms with Crippen molar-refractivity contribution >= 4 is 11.5 Å². The van der Waals surface area contributed by atoms with Gasteiger partial charge in [-0.3, -0.25) is 10.1 Å². The molecule has 1 aromatic heterocycles. The highest BCUT2D eigenvalue weighted by Crippen LogP contribution is 2.32. The summed E-state index contributed by atoms with van der Waals surface area (Å²) in [6.07, 6.45) is 1.04. The number of hydrogen-bond acceptors (Lipinski definition) is 6. The molecule has 92 valence electrons. The lowest BCUT2D eigenvalue weighted by Crippen LogP contribution is -2.02. The summed E-state index contributed by atoms with van der Waals surface area (Å²) < 4.78 is 17.9. The summed E-state index contributed by atoms with van der Waals surface area (Å²) >= 11 is 0. The van der Waals surface area contributed by atoms with Gasteiger partial charge in [-0.1, -0.05) is 0 Å². The van der Waals surface area contributed by atoms with Gasteiger partial charge in [-0.15, -0.1) is 0 Å². The van der Waals surface area contributed by atoms with Crippen molar-refractivity contribution in [2.24, 2.45) is 0 Å². The van der Waals surface area contributed by atoms with Gasteiger partial charge < -0.3 is 10.5 Å². The Balaban J connectivity index is 2.37. The zero-order valence-corrected chi connectivity index (χ0v) is 8.91. The van der Waals surface area contributed by atoms with Crippen molar-refractivity contribution in [2.75, 3.05) is 5.73 Å². The van der Waals surface area contributed by atoms with Crippen LogP contribution in [-0.4, -0.2) is 14.9 Å². The van der Waals surface area contributed by atoms with Crippen LogP contribution in [0.25, 0.3) is 0 Å². The molecule has 0 saturated heterocycles. The average Bonchev–Trinajstić information content (AvgIpc) is 2.32. The maximum absolute atomic E-state index is 12.7. The van der Waals surface area contributed by atoms with Crippen molar-refractivity contribution < 1.29 is 14.1 Å². The number of nitro groups is 1. The number of nitrogen functional groups attached to an aromatic ring is 1. The molecule has 0 aliphatic heterocycles. The largest absolute Gasteiger partial charge is 0.434 e. The topological polar surface area (TPSA) is 104 Å². The summed E-state index contributed by atoms with van der Waals surface area (Å²) in [4.78, 5) is 17.2. The number of halogens is 1. The van der Waals surface area contributed by atoms with Crippen molar-refractivity contribution in [3.05, 3.63) is 46.5 Å². The van der Waals surface area contributed by atoms with E-state index in [4.69, 9.17) is 10.5 Å². The molecule has 0 aliphatic carbocycles. The lowest BCUT2D eigenvalue weighted by Gasteiger charge is -2.05. The fraction of sp³-hybridized carbons (Fsp3) is 0. The summed E-state index contributed by atoms with van der Waals surface area (Å²) in [7, 11) is 0. The van der Waals surface area contributed by atoms with Crippen molar-refractivity contribution in [1.29, 1.82) is 0 Å². The number of nitrogens with zero attached hydrogens (tertiary/aromatic N) is 3. The third-order valence-corrected chi connectivity index (χ3v) is 2.03. The number of benzene rings is 1. The second kappa shape index (κ2) is 4.62. The fourth-order valence-corrected chi connectivity index (χ4v) is 1.24. The molecular weight excluding hydrogens is 243 g/mol. The molecule has 0 radical (unpaired) electrons. The van der Waals surface area contributed by atoms with E-state index in [0.717, 1.165) is 18.5 Å². The lowest BCUT2D eigenvalue weighted by atomic mass is 10.3. The molecule has 0 saturated carbocycles. The van der Waals surface area contributed by atoms with Crippen LogP contribution in [0.2, 0.25) is 0 Å². The molecular formula is C10H7FN4O3. The van der Waals surface area contributed by atoms with Gasteiger partial charge in [0.25, 0.3) is 0 Å². The molecule has 0 aliphatic rings. The number of ether oxygens (including phenoxy) is 1. The maximum atomic E-state index is 12.7. The van der Waals surface area contributed by atoms with Crippen LogP contribution in [0.3, 0.4) is 0 Å². The summed E-state index contributed by atoms with van der Waals surface area (Å²) in [5, 5.41) is 10.8. The number of aromatic nitrogens is 2. The molecule has 18 heavy (non-hydrogen) atoms. The Kier molecular flexibility index (Phi) is 3.00. The quantitative estimate of drug-likeness (QED) is 0.658. The molecule has 0 spiro atoms. The van der Waals surface area contributed by atoms with Crippen LogP contribution in [0.4, 0.5) is 15.9 Å². The van der Waals surface area contributed by atoms with Crippen molar-refractivity contribution in [3.8, 4) is 11.6 Å². The maximum Gasteiger partial charge on any atom is 0.372 e. The minimum Gasteiger partial charge on any atom is -0.434 e. The number of anilines is 1. The molecule has 7 nitrogen and oxygen atoms in total. The Hall–Kier alpha value is -2.77. The number of hydrogen-bond donors (Lipinski definition) is 1. The molecule has 0 fully saturated rings. The molecule has 0 atom stereocenters. The highest BCUT2D eigenvalue weighted by atomic mass is 19.1. The smallest absolute Gasteiger partial charge is 0.372 e. The standard InChI is InChI=1S/C10H7FN4O3/c11-6-1-3-7(4-2-6)18-10-8(15(16)17)9(12)13-5-14-10/h1-5H,(H2,12,13,14). The van der Waals surface area contributed by atoms with Gasteiger partial charge in [0.2, 0.25) is 5.82 Å². The van der Waals surface area contributed by atoms with Crippen LogP contribution in [0.5, 0.6) is 11.6 Å². The van der Waals surface area contributed by atoms with Gasteiger partial charge in [0.15, 0.2) is 0 Å². The Bertz CT molecular complexity index is 588. The van der Waals surface area contributed by atoms with Crippen molar-refractivity contribution in [3.63, 3.8) is 0 Å². The van der Waals surface area contributed by atoms with E-state index in [1.54, 1.807) is 0 Å². The minimum atomic E-state index is -0.742. The van der Waals surface area contributed by atoms with E-state index in [1.165, 1.54) is 12.1 Å². The van der Waals surface area contributed by atoms with Gasteiger partial charge in [-0.2, -0.15) is 4.98 Å². The summed E-state index contributed by atoms with van der Waals surface area (Å²) in [5.74, 6) is -0.831. The Labute approximate surface area is 100 Å². The van der Waals surface area contributed by atoms with Gasteiger partial charge in [0, 0.05) is 0 Å². The van der Waals surface area contributed by atoms with E-state index >= 15 is 0 Å². The van der Waals surface area contributed by atoms with E-state index in [0.29, 0.717) is 0 Å². The van der Waals surface area contributed by atoms with E-state index in [2.05, 4.69) is 9.97 Å². The van der Waals surface area contributed by atoms with Crippen molar-refractivity contribution in [1.82, 2.24) is 9.97 Å². The second-order valence-electron chi connectivity index (χ2n) is 3.23. The molecule has 0 unspecified atom stereocenters.